The van der Waals surface area contributed by atoms with Gasteiger partial charge in [0, 0.05) is 19.0 Å². The van der Waals surface area contributed by atoms with Crippen LogP contribution in [0.2, 0.25) is 0 Å². The van der Waals surface area contributed by atoms with Crippen LogP contribution in [0.3, 0.4) is 0 Å². The number of H-pyrrole nitrogens is 1. The minimum absolute atomic E-state index is 0.0806. The van der Waals surface area contributed by atoms with E-state index in [2.05, 4.69) is 25.9 Å². The molecule has 0 aliphatic carbocycles. The van der Waals surface area contributed by atoms with Crippen molar-refractivity contribution in [2.75, 3.05) is 18.0 Å². The second kappa shape index (κ2) is 5.81. The van der Waals surface area contributed by atoms with Crippen molar-refractivity contribution in [3.63, 3.8) is 0 Å². The molecule has 0 amide bonds. The number of aromatic nitrogens is 2. The maximum absolute atomic E-state index is 11.4. The molecule has 1 rings (SSSR count). The average molecular weight is 302 g/mol. The van der Waals surface area contributed by atoms with Gasteiger partial charge in [0.15, 0.2) is 0 Å². The van der Waals surface area contributed by atoms with Crippen LogP contribution in [0.1, 0.15) is 13.8 Å². The molecule has 1 aromatic rings. The third-order valence-corrected chi connectivity index (χ3v) is 3.20. The zero-order valence-electron chi connectivity index (χ0n) is 9.83. The van der Waals surface area contributed by atoms with E-state index in [-0.39, 0.29) is 17.3 Å². The van der Waals surface area contributed by atoms with Gasteiger partial charge in [-0.1, -0.05) is 6.92 Å². The highest BCUT2D eigenvalue weighted by molar-refractivity contribution is 9.10. The fraction of sp³-hybridized carbons (Fsp3) is 0.500. The van der Waals surface area contributed by atoms with E-state index in [1.54, 1.807) is 0 Å². The molecule has 0 bridgehead atoms. The van der Waals surface area contributed by atoms with Gasteiger partial charge in [0.2, 0.25) is 0 Å². The summed E-state index contributed by atoms with van der Waals surface area (Å²) >= 11 is 3.22. The van der Waals surface area contributed by atoms with E-state index >= 15 is 0 Å². The molecule has 0 aromatic carbocycles. The number of halogens is 1. The monoisotopic (exact) mass is 301 g/mol. The fourth-order valence-corrected chi connectivity index (χ4v) is 1.86. The predicted molar refractivity (Wildman–Crippen MR) is 71.5 cm³/mol. The Morgan fingerprint density at radius 3 is 2.94 bits per heavy atom. The summed E-state index contributed by atoms with van der Waals surface area (Å²) < 4.78 is 0.401. The largest absolute Gasteiger partial charge is 0.387 e. The Bertz CT molecular complexity index is 458. The number of aromatic amines is 1. The van der Waals surface area contributed by atoms with Gasteiger partial charge in [-0.25, -0.2) is 4.98 Å². The highest BCUT2D eigenvalue weighted by atomic mass is 79.9. The summed E-state index contributed by atoms with van der Waals surface area (Å²) in [4.78, 5) is 20.0. The molecule has 1 atom stereocenters. The molecule has 0 saturated carbocycles. The maximum Gasteiger partial charge on any atom is 0.267 e. The lowest BCUT2D eigenvalue weighted by atomic mass is 10.1. The van der Waals surface area contributed by atoms with Crippen LogP contribution >= 0.6 is 15.9 Å². The van der Waals surface area contributed by atoms with Crippen LogP contribution < -0.4 is 16.2 Å². The quantitative estimate of drug-likeness (QED) is 0.556. The first-order valence-corrected chi connectivity index (χ1v) is 6.08. The lowest BCUT2D eigenvalue weighted by molar-refractivity contribution is 0.687. The van der Waals surface area contributed by atoms with Crippen LogP contribution in [0, 0.1) is 11.3 Å². The Labute approximate surface area is 108 Å². The molecule has 94 valence electrons. The van der Waals surface area contributed by atoms with Crippen LogP contribution in [0.15, 0.2) is 15.6 Å². The molecule has 7 heteroatoms. The molecule has 17 heavy (non-hydrogen) atoms. The summed E-state index contributed by atoms with van der Waals surface area (Å²) in [6.45, 7) is 5.07. The van der Waals surface area contributed by atoms with Crippen LogP contribution in [-0.2, 0) is 0 Å². The minimum Gasteiger partial charge on any atom is -0.387 e. The van der Waals surface area contributed by atoms with E-state index in [4.69, 9.17) is 11.1 Å². The Morgan fingerprint density at radius 1 is 1.76 bits per heavy atom. The summed E-state index contributed by atoms with van der Waals surface area (Å²) in [7, 11) is 0. The predicted octanol–water partition coefficient (Wildman–Crippen LogP) is 0.931. The Hall–Kier alpha value is -1.37. The van der Waals surface area contributed by atoms with Gasteiger partial charge in [-0.15, -0.1) is 0 Å². The molecule has 0 radical (unpaired) electrons. The van der Waals surface area contributed by atoms with Gasteiger partial charge in [-0.3, -0.25) is 10.2 Å². The van der Waals surface area contributed by atoms with Gasteiger partial charge < -0.3 is 15.6 Å². The molecule has 6 nitrogen and oxygen atoms in total. The van der Waals surface area contributed by atoms with Crippen molar-refractivity contribution in [1.82, 2.24) is 9.97 Å². The molecule has 0 spiro atoms. The van der Waals surface area contributed by atoms with E-state index in [1.807, 2.05) is 18.7 Å². The molecule has 1 heterocycles. The summed E-state index contributed by atoms with van der Waals surface area (Å²) in [5.74, 6) is 0.622. The van der Waals surface area contributed by atoms with E-state index in [0.29, 0.717) is 23.4 Å². The van der Waals surface area contributed by atoms with Crippen LogP contribution in [-0.4, -0.2) is 28.9 Å². The van der Waals surface area contributed by atoms with Gasteiger partial charge in [0.05, 0.1) is 12.2 Å². The van der Waals surface area contributed by atoms with Gasteiger partial charge in [-0.2, -0.15) is 0 Å². The third-order valence-electron chi connectivity index (χ3n) is 2.48. The summed E-state index contributed by atoms with van der Waals surface area (Å²) in [5, 5.41) is 7.38. The van der Waals surface area contributed by atoms with Crippen molar-refractivity contribution < 1.29 is 0 Å². The molecule has 1 unspecified atom stereocenters. The highest BCUT2D eigenvalue weighted by Crippen LogP contribution is 2.19. The van der Waals surface area contributed by atoms with Crippen molar-refractivity contribution in [3.05, 3.63) is 21.2 Å². The molecule has 1 aromatic heterocycles. The zero-order chi connectivity index (χ0) is 13.0. The average Bonchev–Trinajstić information content (AvgIpc) is 2.29. The first kappa shape index (κ1) is 13.7. The summed E-state index contributed by atoms with van der Waals surface area (Å²) in [5.41, 5.74) is 5.22. The number of amidine groups is 1. The first-order chi connectivity index (χ1) is 7.97. The van der Waals surface area contributed by atoms with Crippen molar-refractivity contribution >= 4 is 27.6 Å². The first-order valence-electron chi connectivity index (χ1n) is 5.29. The second-order valence-electron chi connectivity index (χ2n) is 3.76. The van der Waals surface area contributed by atoms with Crippen molar-refractivity contribution in [2.24, 2.45) is 11.7 Å². The number of nitrogens with zero attached hydrogens (tertiary/aromatic N) is 2. The van der Waals surface area contributed by atoms with Gasteiger partial charge in [-0.05, 0) is 22.9 Å². The van der Waals surface area contributed by atoms with Crippen molar-refractivity contribution in [2.45, 2.75) is 13.8 Å². The van der Waals surface area contributed by atoms with Gasteiger partial charge in [0.1, 0.15) is 10.3 Å². The standard InChI is InChI=1S/C10H16BrN5O/c1-3-16(4-6(2)8(12)13)9-7(11)10(17)15-5-14-9/h5-6H,3-4H2,1-2H3,(H3,12,13)(H,14,15,17). The smallest absolute Gasteiger partial charge is 0.267 e. The van der Waals surface area contributed by atoms with E-state index in [9.17, 15) is 4.79 Å². The zero-order valence-corrected chi connectivity index (χ0v) is 11.4. The molecule has 0 fully saturated rings. The second-order valence-corrected chi connectivity index (χ2v) is 4.56. The number of nitrogens with two attached hydrogens (primary N) is 1. The van der Waals surface area contributed by atoms with Gasteiger partial charge in [0.25, 0.3) is 5.56 Å². The minimum atomic E-state index is -0.219. The topological polar surface area (TPSA) is 98.9 Å². The van der Waals surface area contributed by atoms with Crippen molar-refractivity contribution in [1.29, 1.82) is 5.41 Å². The lowest BCUT2D eigenvalue weighted by Crippen LogP contribution is -2.35. The number of rotatable bonds is 5. The molecular weight excluding hydrogens is 286 g/mol. The highest BCUT2D eigenvalue weighted by Gasteiger charge is 2.16. The Balaban J connectivity index is 2.98. The molecule has 0 aliphatic heterocycles. The third kappa shape index (κ3) is 3.29. The van der Waals surface area contributed by atoms with E-state index in [1.165, 1.54) is 6.33 Å². The molecule has 0 aliphatic rings. The fourth-order valence-electron chi connectivity index (χ4n) is 1.39. The van der Waals surface area contributed by atoms with Crippen molar-refractivity contribution in [3.8, 4) is 0 Å². The van der Waals surface area contributed by atoms with Gasteiger partial charge >= 0.3 is 0 Å². The number of hydrogen-bond donors (Lipinski definition) is 3. The molecular formula is C10H16BrN5O. The van der Waals surface area contributed by atoms with Crippen LogP contribution in [0.5, 0.6) is 0 Å². The van der Waals surface area contributed by atoms with Crippen LogP contribution in [0.4, 0.5) is 5.82 Å². The van der Waals surface area contributed by atoms with E-state index in [0.717, 1.165) is 0 Å². The molecule has 0 saturated heterocycles. The number of hydrogen-bond acceptors (Lipinski definition) is 4. The normalized spacial score (nSPS) is 12.2. The summed E-state index contributed by atoms with van der Waals surface area (Å²) in [6.07, 6.45) is 1.36. The summed E-state index contributed by atoms with van der Waals surface area (Å²) in [6, 6.07) is 0. The Kier molecular flexibility index (Phi) is 4.68. The SMILES string of the molecule is CCN(CC(C)C(=N)N)c1nc[nH]c(=O)c1Br. The maximum atomic E-state index is 11.4. The number of anilines is 1. The molecule has 4 N–H and O–H groups in total. The lowest BCUT2D eigenvalue weighted by Gasteiger charge is -2.25. The van der Waals surface area contributed by atoms with Crippen LogP contribution in [0.25, 0.3) is 0 Å². The number of nitrogens with one attached hydrogen (secondary N) is 2. The van der Waals surface area contributed by atoms with E-state index < -0.39 is 0 Å². The Morgan fingerprint density at radius 2 is 2.41 bits per heavy atom.